The molecule has 1 atom stereocenters. The van der Waals surface area contributed by atoms with Crippen LogP contribution in [0.4, 0.5) is 5.69 Å². The highest BCUT2D eigenvalue weighted by atomic mass is 35.5. The molecule has 1 unspecified atom stereocenters. The zero-order valence-corrected chi connectivity index (χ0v) is 19.6. The maximum atomic E-state index is 13.3. The molecule has 4 aromatic rings. The lowest BCUT2D eigenvalue weighted by Gasteiger charge is -2.37. The predicted molar refractivity (Wildman–Crippen MR) is 134 cm³/mol. The van der Waals surface area contributed by atoms with Crippen LogP contribution in [0.5, 0.6) is 5.75 Å². The fourth-order valence-corrected chi connectivity index (χ4v) is 4.54. The zero-order valence-electron chi connectivity index (χ0n) is 18.8. The number of nitrogens with zero attached hydrogens (tertiary/aromatic N) is 1. The normalized spacial score (nSPS) is 14.8. The Bertz CT molecular complexity index is 1340. The number of ether oxygens (including phenoxy) is 1. The van der Waals surface area contributed by atoms with Gasteiger partial charge in [0.15, 0.2) is 12.4 Å². The van der Waals surface area contributed by atoms with Crippen molar-refractivity contribution >= 4 is 29.1 Å². The van der Waals surface area contributed by atoms with Gasteiger partial charge in [-0.1, -0.05) is 54.1 Å². The summed E-state index contributed by atoms with van der Waals surface area (Å²) in [5.74, 6) is 0.402. The van der Waals surface area contributed by atoms with Crippen LogP contribution in [0.25, 0.3) is 0 Å². The molecule has 0 spiro atoms. The monoisotopic (exact) mass is 486 g/mol. The summed E-state index contributed by atoms with van der Waals surface area (Å²) in [7, 11) is 0. The van der Waals surface area contributed by atoms with E-state index >= 15 is 0 Å². The molecule has 176 valence electrons. The van der Waals surface area contributed by atoms with Gasteiger partial charge in [0.05, 0.1) is 12.3 Å². The first-order chi connectivity index (χ1) is 17.1. The second-order valence-electron chi connectivity index (χ2n) is 8.25. The van der Waals surface area contributed by atoms with Gasteiger partial charge < -0.3 is 19.4 Å². The number of hydrogen-bond acceptors (Lipinski definition) is 4. The molecule has 0 radical (unpaired) electrons. The van der Waals surface area contributed by atoms with Crippen molar-refractivity contribution in [3.8, 4) is 5.75 Å². The molecule has 2 amide bonds. The van der Waals surface area contributed by atoms with Crippen molar-refractivity contribution in [2.45, 2.75) is 12.5 Å². The van der Waals surface area contributed by atoms with Crippen LogP contribution in [-0.4, -0.2) is 29.9 Å². The quantitative estimate of drug-likeness (QED) is 0.377. The topological polar surface area (TPSA) is 71.8 Å². The van der Waals surface area contributed by atoms with Crippen molar-refractivity contribution < 1.29 is 18.7 Å². The van der Waals surface area contributed by atoms with Gasteiger partial charge >= 0.3 is 0 Å². The number of rotatable bonds is 6. The first-order valence-electron chi connectivity index (χ1n) is 11.3. The molecule has 1 aliphatic heterocycles. The van der Waals surface area contributed by atoms with Crippen molar-refractivity contribution in [2.24, 2.45) is 0 Å². The maximum Gasteiger partial charge on any atom is 0.290 e. The SMILES string of the molecule is O=C(COc1ccc2c(c1)C(c1ccccc1)N(C(=O)c1ccco1)CC2)Nc1cccc(Cl)c1. The molecule has 7 heteroatoms. The summed E-state index contributed by atoms with van der Waals surface area (Å²) in [4.78, 5) is 27.5. The Morgan fingerprint density at radius 1 is 1.00 bits per heavy atom. The van der Waals surface area contributed by atoms with E-state index in [9.17, 15) is 9.59 Å². The molecule has 2 heterocycles. The molecule has 35 heavy (non-hydrogen) atoms. The molecule has 3 aromatic carbocycles. The zero-order chi connectivity index (χ0) is 24.2. The van der Waals surface area contributed by atoms with E-state index in [-0.39, 0.29) is 24.5 Å². The number of hydrogen-bond donors (Lipinski definition) is 1. The van der Waals surface area contributed by atoms with E-state index in [1.165, 1.54) is 6.26 Å². The van der Waals surface area contributed by atoms with Crippen molar-refractivity contribution in [1.29, 1.82) is 0 Å². The number of carbonyl (C=O) groups is 2. The van der Waals surface area contributed by atoms with Crippen LogP contribution in [0, 0.1) is 0 Å². The summed E-state index contributed by atoms with van der Waals surface area (Å²) in [6.07, 6.45) is 2.21. The molecule has 0 fully saturated rings. The van der Waals surface area contributed by atoms with Gasteiger partial charge in [0.2, 0.25) is 0 Å². The number of carbonyl (C=O) groups excluding carboxylic acids is 2. The highest BCUT2D eigenvalue weighted by Gasteiger charge is 2.33. The van der Waals surface area contributed by atoms with E-state index in [0.717, 1.165) is 16.7 Å². The van der Waals surface area contributed by atoms with E-state index in [2.05, 4.69) is 5.32 Å². The van der Waals surface area contributed by atoms with Crippen LogP contribution in [-0.2, 0) is 11.2 Å². The third kappa shape index (κ3) is 5.08. The summed E-state index contributed by atoms with van der Waals surface area (Å²) in [6.45, 7) is 0.407. The van der Waals surface area contributed by atoms with Gasteiger partial charge in [-0.15, -0.1) is 0 Å². The molecule has 0 saturated heterocycles. The van der Waals surface area contributed by atoms with Gasteiger partial charge in [-0.3, -0.25) is 9.59 Å². The van der Waals surface area contributed by atoms with Gasteiger partial charge in [0.1, 0.15) is 5.75 Å². The fourth-order valence-electron chi connectivity index (χ4n) is 4.35. The lowest BCUT2D eigenvalue weighted by Crippen LogP contribution is -2.40. The molecule has 5 rings (SSSR count). The van der Waals surface area contributed by atoms with Crippen LogP contribution in [0.3, 0.4) is 0 Å². The minimum Gasteiger partial charge on any atom is -0.484 e. The van der Waals surface area contributed by atoms with Crippen LogP contribution >= 0.6 is 11.6 Å². The van der Waals surface area contributed by atoms with E-state index in [1.807, 2.05) is 53.4 Å². The first kappa shape index (κ1) is 22.7. The molecule has 1 aromatic heterocycles. The molecular weight excluding hydrogens is 464 g/mol. The Hall–Kier alpha value is -4.03. The number of fused-ring (bicyclic) bond motifs is 1. The minimum atomic E-state index is -0.304. The van der Waals surface area contributed by atoms with E-state index in [0.29, 0.717) is 35.2 Å². The Balaban J connectivity index is 1.39. The molecule has 6 nitrogen and oxygen atoms in total. The number of benzene rings is 3. The summed E-state index contributed by atoms with van der Waals surface area (Å²) >= 11 is 5.98. The van der Waals surface area contributed by atoms with Crippen molar-refractivity contribution in [2.75, 3.05) is 18.5 Å². The van der Waals surface area contributed by atoms with Crippen LogP contribution < -0.4 is 10.1 Å². The van der Waals surface area contributed by atoms with Gasteiger partial charge in [-0.25, -0.2) is 0 Å². The number of furan rings is 1. The van der Waals surface area contributed by atoms with Crippen LogP contribution in [0.1, 0.15) is 33.3 Å². The Morgan fingerprint density at radius 2 is 1.86 bits per heavy atom. The standard InChI is InChI=1S/C28H23ClN2O4/c29-21-8-4-9-22(16-21)30-26(32)18-35-23-12-11-19-13-14-31(28(33)25-10-5-15-34-25)27(24(19)17-23)20-6-2-1-3-7-20/h1-12,15-17,27H,13-14,18H2,(H,30,32). The van der Waals surface area contributed by atoms with Crippen molar-refractivity contribution in [3.05, 3.63) is 119 Å². The second-order valence-corrected chi connectivity index (χ2v) is 8.68. The molecule has 0 saturated carbocycles. The molecule has 1 aliphatic rings. The molecule has 0 aliphatic carbocycles. The van der Waals surface area contributed by atoms with E-state index in [1.54, 1.807) is 36.4 Å². The Labute approximate surface area is 208 Å². The van der Waals surface area contributed by atoms with Gasteiger partial charge in [0.25, 0.3) is 11.8 Å². The lowest BCUT2D eigenvalue weighted by atomic mass is 9.87. The van der Waals surface area contributed by atoms with E-state index < -0.39 is 0 Å². The van der Waals surface area contributed by atoms with Crippen LogP contribution in [0.2, 0.25) is 5.02 Å². The van der Waals surface area contributed by atoms with Crippen molar-refractivity contribution in [1.82, 2.24) is 4.90 Å². The number of amides is 2. The lowest BCUT2D eigenvalue weighted by molar-refractivity contribution is -0.118. The van der Waals surface area contributed by atoms with Crippen LogP contribution in [0.15, 0.2) is 95.6 Å². The van der Waals surface area contributed by atoms with Gasteiger partial charge in [-0.05, 0) is 65.6 Å². The highest BCUT2D eigenvalue weighted by Crippen LogP contribution is 2.38. The summed E-state index contributed by atoms with van der Waals surface area (Å²) < 4.78 is 11.2. The second kappa shape index (κ2) is 10.1. The fraction of sp³-hybridized carbons (Fsp3) is 0.143. The summed E-state index contributed by atoms with van der Waals surface area (Å²) in [5.41, 5.74) is 3.70. The Kier molecular flexibility index (Phi) is 6.55. The molecular formula is C28H23ClN2O4. The smallest absolute Gasteiger partial charge is 0.290 e. The predicted octanol–water partition coefficient (Wildman–Crippen LogP) is 5.74. The molecule has 1 N–H and O–H groups in total. The minimum absolute atomic E-state index is 0.156. The van der Waals surface area contributed by atoms with Crippen molar-refractivity contribution in [3.63, 3.8) is 0 Å². The third-order valence-electron chi connectivity index (χ3n) is 5.93. The number of nitrogens with one attached hydrogen (secondary N) is 1. The maximum absolute atomic E-state index is 13.3. The number of halogens is 1. The average Bonchev–Trinajstić information content (AvgIpc) is 3.42. The summed E-state index contributed by atoms with van der Waals surface area (Å²) in [6, 6.07) is 25.7. The number of anilines is 1. The first-order valence-corrected chi connectivity index (χ1v) is 11.7. The largest absolute Gasteiger partial charge is 0.484 e. The average molecular weight is 487 g/mol. The highest BCUT2D eigenvalue weighted by molar-refractivity contribution is 6.30. The third-order valence-corrected chi connectivity index (χ3v) is 6.17. The van der Waals surface area contributed by atoms with Gasteiger partial charge in [-0.2, -0.15) is 0 Å². The summed E-state index contributed by atoms with van der Waals surface area (Å²) in [5, 5.41) is 3.32. The van der Waals surface area contributed by atoms with Gasteiger partial charge in [0, 0.05) is 17.3 Å². The molecule has 0 bridgehead atoms. The Morgan fingerprint density at radius 3 is 2.63 bits per heavy atom. The van der Waals surface area contributed by atoms with E-state index in [4.69, 9.17) is 20.8 Å².